The van der Waals surface area contributed by atoms with E-state index in [1.807, 2.05) is 0 Å². The number of benzene rings is 2. The molecule has 3 aromatic rings. The quantitative estimate of drug-likeness (QED) is 0.614. The van der Waals surface area contributed by atoms with E-state index in [0.717, 1.165) is 28.8 Å². The molecule has 1 aromatic heterocycles. The van der Waals surface area contributed by atoms with Gasteiger partial charge in [0.2, 0.25) is 0 Å². The number of aromatic nitrogens is 1. The summed E-state index contributed by atoms with van der Waals surface area (Å²) >= 11 is 0. The van der Waals surface area contributed by atoms with Gasteiger partial charge in [0.25, 0.3) is 10.0 Å². The SMILES string of the molecule is CC([SiH3])CCc1cc2oc(=O)n(C)c2cc1S(=O)(=O)Nc1cc(F)cc(F)c1. The Morgan fingerprint density at radius 2 is 1.82 bits per heavy atom. The van der Waals surface area contributed by atoms with E-state index in [1.54, 1.807) is 6.07 Å². The number of oxazole rings is 1. The number of fused-ring (bicyclic) bond motifs is 1. The van der Waals surface area contributed by atoms with Crippen molar-refractivity contribution in [3.05, 3.63) is 58.1 Å². The summed E-state index contributed by atoms with van der Waals surface area (Å²) in [6, 6.07) is 5.34. The van der Waals surface area contributed by atoms with Crippen molar-refractivity contribution in [2.75, 3.05) is 4.72 Å². The Labute approximate surface area is 163 Å². The summed E-state index contributed by atoms with van der Waals surface area (Å²) in [5, 5.41) is 0. The van der Waals surface area contributed by atoms with Crippen molar-refractivity contribution >= 4 is 37.1 Å². The molecule has 0 saturated carbocycles. The monoisotopic (exact) mass is 426 g/mol. The van der Waals surface area contributed by atoms with Crippen LogP contribution in [0, 0.1) is 11.6 Å². The van der Waals surface area contributed by atoms with Gasteiger partial charge in [0.05, 0.1) is 16.1 Å². The molecule has 10 heteroatoms. The average Bonchev–Trinajstić information content (AvgIpc) is 2.84. The molecule has 0 bridgehead atoms. The van der Waals surface area contributed by atoms with Gasteiger partial charge in [0.1, 0.15) is 11.6 Å². The van der Waals surface area contributed by atoms with Crippen molar-refractivity contribution in [3.8, 4) is 0 Å². The molecule has 0 aliphatic rings. The maximum Gasteiger partial charge on any atom is 0.419 e. The summed E-state index contributed by atoms with van der Waals surface area (Å²) in [5.74, 6) is -2.39. The zero-order valence-electron chi connectivity index (χ0n) is 15.6. The number of hydrogen-bond donors (Lipinski definition) is 1. The Hall–Kier alpha value is -2.46. The van der Waals surface area contributed by atoms with Crippen LogP contribution in [0.4, 0.5) is 14.5 Å². The normalized spacial score (nSPS) is 13.1. The number of nitrogens with one attached hydrogen (secondary N) is 1. The molecule has 0 saturated heterocycles. The van der Waals surface area contributed by atoms with Gasteiger partial charge in [-0.25, -0.2) is 22.0 Å². The summed E-state index contributed by atoms with van der Waals surface area (Å²) in [6.07, 6.45) is 1.23. The van der Waals surface area contributed by atoms with Gasteiger partial charge in [-0.3, -0.25) is 9.29 Å². The lowest BCUT2D eigenvalue weighted by atomic mass is 10.1. The first kappa shape index (κ1) is 20.3. The van der Waals surface area contributed by atoms with Gasteiger partial charge in [-0.1, -0.05) is 12.5 Å². The van der Waals surface area contributed by atoms with Gasteiger partial charge in [-0.05, 0) is 42.7 Å². The van der Waals surface area contributed by atoms with E-state index in [2.05, 4.69) is 11.6 Å². The molecule has 0 aliphatic heterocycles. The van der Waals surface area contributed by atoms with Crippen molar-refractivity contribution < 1.29 is 21.6 Å². The lowest BCUT2D eigenvalue weighted by Gasteiger charge is -2.14. The first-order chi connectivity index (χ1) is 13.1. The minimum atomic E-state index is -4.15. The second-order valence-electron chi connectivity index (χ2n) is 7.05. The van der Waals surface area contributed by atoms with Crippen LogP contribution < -0.4 is 10.5 Å². The lowest BCUT2D eigenvalue weighted by Crippen LogP contribution is -2.16. The third kappa shape index (κ3) is 4.17. The zero-order valence-corrected chi connectivity index (χ0v) is 18.4. The van der Waals surface area contributed by atoms with Crippen LogP contribution in [0.2, 0.25) is 5.54 Å². The van der Waals surface area contributed by atoms with Crippen molar-refractivity contribution in [1.29, 1.82) is 0 Å². The fraction of sp³-hybridized carbons (Fsp3) is 0.278. The highest BCUT2D eigenvalue weighted by atomic mass is 32.2. The highest BCUT2D eigenvalue weighted by Crippen LogP contribution is 2.27. The van der Waals surface area contributed by atoms with Crippen LogP contribution in [-0.4, -0.2) is 23.2 Å². The summed E-state index contributed by atoms with van der Waals surface area (Å²) in [4.78, 5) is 11.7. The Morgan fingerprint density at radius 1 is 1.18 bits per heavy atom. The van der Waals surface area contributed by atoms with E-state index >= 15 is 0 Å². The number of halogens is 2. The number of rotatable bonds is 6. The summed E-state index contributed by atoms with van der Waals surface area (Å²) in [5.41, 5.74) is 1.33. The standard InChI is InChI=1S/C18H20F2N2O4SSi/c1-10(28)3-4-11-5-16-15(22(2)18(23)26-16)9-17(11)27(24,25)21-14-7-12(19)6-13(20)8-14/h5-10,21H,3-4H2,1-2,28H3. The minimum absolute atomic E-state index is 0.0524. The first-order valence-electron chi connectivity index (χ1n) is 8.68. The molecule has 3 rings (SSSR count). The predicted molar refractivity (Wildman–Crippen MR) is 106 cm³/mol. The zero-order chi connectivity index (χ0) is 20.6. The highest BCUT2D eigenvalue weighted by molar-refractivity contribution is 7.92. The van der Waals surface area contributed by atoms with Crippen LogP contribution in [0.1, 0.15) is 18.9 Å². The molecule has 28 heavy (non-hydrogen) atoms. The van der Waals surface area contributed by atoms with Crippen LogP contribution >= 0.6 is 0 Å². The summed E-state index contributed by atoms with van der Waals surface area (Å²) < 4.78 is 61.4. The number of hydrogen-bond acceptors (Lipinski definition) is 4. The third-order valence-corrected chi connectivity index (χ3v) is 6.41. The molecule has 1 atom stereocenters. The smallest absolute Gasteiger partial charge is 0.408 e. The largest absolute Gasteiger partial charge is 0.419 e. The fourth-order valence-corrected chi connectivity index (χ4v) is 4.51. The predicted octanol–water partition coefficient (Wildman–Crippen LogP) is 2.32. The summed E-state index contributed by atoms with van der Waals surface area (Å²) in [6.45, 7) is 2.06. The molecule has 1 heterocycles. The molecular weight excluding hydrogens is 406 g/mol. The van der Waals surface area contributed by atoms with Gasteiger partial charge in [0, 0.05) is 23.4 Å². The second-order valence-corrected chi connectivity index (χ2v) is 10.7. The van der Waals surface area contributed by atoms with E-state index in [-0.39, 0.29) is 10.6 Å². The molecule has 1 unspecified atom stereocenters. The number of sulfonamides is 1. The van der Waals surface area contributed by atoms with Gasteiger partial charge >= 0.3 is 5.76 Å². The molecule has 1 N–H and O–H groups in total. The van der Waals surface area contributed by atoms with Crippen LogP contribution in [0.5, 0.6) is 0 Å². The molecule has 6 nitrogen and oxygen atoms in total. The van der Waals surface area contributed by atoms with Crippen molar-refractivity contribution in [3.63, 3.8) is 0 Å². The lowest BCUT2D eigenvalue weighted by molar-refractivity contribution is 0.527. The van der Waals surface area contributed by atoms with Crippen molar-refractivity contribution in [2.45, 2.75) is 30.2 Å². The minimum Gasteiger partial charge on any atom is -0.408 e. The number of aryl methyl sites for hydroxylation is 2. The van der Waals surface area contributed by atoms with Crippen molar-refractivity contribution in [2.24, 2.45) is 7.05 Å². The van der Waals surface area contributed by atoms with Crippen LogP contribution in [0.25, 0.3) is 11.1 Å². The number of anilines is 1. The maximum atomic E-state index is 13.4. The summed E-state index contributed by atoms with van der Waals surface area (Å²) in [7, 11) is -1.73. The van der Waals surface area contributed by atoms with E-state index < -0.39 is 27.4 Å². The topological polar surface area (TPSA) is 81.3 Å². The number of nitrogens with zero attached hydrogens (tertiary/aromatic N) is 1. The molecule has 2 aromatic carbocycles. The molecule has 0 aliphatic carbocycles. The van der Waals surface area contributed by atoms with Gasteiger partial charge in [-0.15, -0.1) is 0 Å². The van der Waals surface area contributed by atoms with Gasteiger partial charge < -0.3 is 4.42 Å². The van der Waals surface area contributed by atoms with E-state index in [4.69, 9.17) is 4.42 Å². The molecular formula is C18H20F2N2O4SSi. The van der Waals surface area contributed by atoms with Crippen LogP contribution in [-0.2, 0) is 23.5 Å². The molecule has 0 amide bonds. The Kier molecular flexibility index (Phi) is 5.44. The van der Waals surface area contributed by atoms with Crippen LogP contribution in [0.3, 0.4) is 0 Å². The van der Waals surface area contributed by atoms with Crippen molar-refractivity contribution in [1.82, 2.24) is 4.57 Å². The maximum absolute atomic E-state index is 13.4. The van der Waals surface area contributed by atoms with Gasteiger partial charge in [-0.2, -0.15) is 0 Å². The fourth-order valence-electron chi connectivity index (χ4n) is 2.91. The molecule has 0 spiro atoms. The van der Waals surface area contributed by atoms with Gasteiger partial charge in [0.15, 0.2) is 5.58 Å². The average molecular weight is 427 g/mol. The van der Waals surface area contributed by atoms with E-state index in [9.17, 15) is 22.0 Å². The first-order valence-corrected chi connectivity index (χ1v) is 11.3. The van der Waals surface area contributed by atoms with Crippen LogP contribution in [0.15, 0.2) is 44.4 Å². The van der Waals surface area contributed by atoms with E-state index in [0.29, 0.717) is 34.7 Å². The van der Waals surface area contributed by atoms with E-state index in [1.165, 1.54) is 17.7 Å². The Morgan fingerprint density at radius 3 is 2.43 bits per heavy atom. The molecule has 0 radical (unpaired) electrons. The molecule has 150 valence electrons. The Balaban J connectivity index is 2.13. The molecule has 0 fully saturated rings. The highest BCUT2D eigenvalue weighted by Gasteiger charge is 2.22. The second kappa shape index (κ2) is 7.51. The Bertz CT molecular complexity index is 1180. The third-order valence-electron chi connectivity index (χ3n) is 4.37.